The lowest BCUT2D eigenvalue weighted by atomic mass is 10.1. The minimum absolute atomic E-state index is 0.228. The van der Waals surface area contributed by atoms with E-state index in [4.69, 9.17) is 0 Å². The summed E-state index contributed by atoms with van der Waals surface area (Å²) in [7, 11) is 0. The van der Waals surface area contributed by atoms with Crippen LogP contribution in [0.3, 0.4) is 0 Å². The van der Waals surface area contributed by atoms with Crippen LogP contribution in [0.1, 0.15) is 0 Å². The molecule has 1 aromatic heterocycles. The van der Waals surface area contributed by atoms with E-state index in [1.807, 2.05) is 16.8 Å². The molecule has 1 N–H and O–H groups in total. The van der Waals surface area contributed by atoms with Gasteiger partial charge < -0.3 is 5.32 Å². The lowest BCUT2D eigenvalue weighted by molar-refractivity contribution is 0.628. The first-order valence-electron chi connectivity index (χ1n) is 4.90. The zero-order valence-corrected chi connectivity index (χ0v) is 8.07. The first-order chi connectivity index (χ1) is 7.33. The number of fused-ring (bicyclic) bond motifs is 1. The minimum Gasteiger partial charge on any atom is -0.368 e. The molecule has 1 aliphatic heterocycles. The van der Waals surface area contributed by atoms with Gasteiger partial charge in [0.05, 0.1) is 12.2 Å². The fraction of sp³-hybridized carbons (Fsp3) is 0.182. The fourth-order valence-electron chi connectivity index (χ4n) is 1.81. The third-order valence-corrected chi connectivity index (χ3v) is 2.53. The van der Waals surface area contributed by atoms with E-state index in [9.17, 15) is 4.39 Å². The highest BCUT2D eigenvalue weighted by Gasteiger charge is 2.13. The molecule has 0 spiro atoms. The number of hydrogen-bond acceptors (Lipinski definition) is 2. The van der Waals surface area contributed by atoms with Gasteiger partial charge in [-0.15, -0.1) is 0 Å². The van der Waals surface area contributed by atoms with Crippen molar-refractivity contribution in [2.24, 2.45) is 0 Å². The van der Waals surface area contributed by atoms with E-state index < -0.39 is 0 Å². The Morgan fingerprint density at radius 3 is 3.07 bits per heavy atom. The van der Waals surface area contributed by atoms with Gasteiger partial charge in [0.2, 0.25) is 0 Å². The molecule has 15 heavy (non-hydrogen) atoms. The average Bonchev–Trinajstić information content (AvgIpc) is 2.76. The average molecular weight is 203 g/mol. The van der Waals surface area contributed by atoms with Crippen LogP contribution in [-0.4, -0.2) is 16.3 Å². The molecule has 1 aliphatic rings. The molecule has 2 heterocycles. The van der Waals surface area contributed by atoms with Gasteiger partial charge in [0.1, 0.15) is 11.6 Å². The first-order valence-corrected chi connectivity index (χ1v) is 4.90. The van der Waals surface area contributed by atoms with E-state index in [0.29, 0.717) is 0 Å². The minimum atomic E-state index is -0.228. The van der Waals surface area contributed by atoms with E-state index in [2.05, 4.69) is 10.4 Å². The van der Waals surface area contributed by atoms with Crippen molar-refractivity contribution in [3.05, 3.63) is 36.1 Å². The Balaban J connectivity index is 2.06. The van der Waals surface area contributed by atoms with Crippen molar-refractivity contribution in [2.75, 3.05) is 11.9 Å². The number of rotatable bonds is 1. The molecular weight excluding hydrogens is 193 g/mol. The van der Waals surface area contributed by atoms with Gasteiger partial charge in [-0.1, -0.05) is 12.1 Å². The molecule has 0 saturated carbocycles. The summed E-state index contributed by atoms with van der Waals surface area (Å²) in [5.41, 5.74) is 1.63. The SMILES string of the molecule is Fc1cccc(-c2cc3n(n2)CCN3)c1. The zero-order chi connectivity index (χ0) is 10.3. The fourth-order valence-corrected chi connectivity index (χ4v) is 1.81. The van der Waals surface area contributed by atoms with Gasteiger partial charge in [-0.3, -0.25) is 0 Å². The Morgan fingerprint density at radius 1 is 1.33 bits per heavy atom. The van der Waals surface area contributed by atoms with Gasteiger partial charge in [-0.2, -0.15) is 5.10 Å². The highest BCUT2D eigenvalue weighted by molar-refractivity contribution is 5.63. The standard InChI is InChI=1S/C11H10FN3/c12-9-3-1-2-8(6-9)10-7-11-13-4-5-15(11)14-10/h1-3,6-7,13H,4-5H2. The molecule has 76 valence electrons. The van der Waals surface area contributed by atoms with Gasteiger partial charge in [0, 0.05) is 18.2 Å². The largest absolute Gasteiger partial charge is 0.368 e. The normalized spacial score (nSPS) is 13.7. The van der Waals surface area contributed by atoms with Crippen LogP contribution >= 0.6 is 0 Å². The topological polar surface area (TPSA) is 29.9 Å². The van der Waals surface area contributed by atoms with Crippen molar-refractivity contribution < 1.29 is 4.39 Å². The number of halogens is 1. The molecule has 2 aromatic rings. The molecule has 0 bridgehead atoms. The van der Waals surface area contributed by atoms with Crippen LogP contribution in [-0.2, 0) is 6.54 Å². The molecule has 4 heteroatoms. The Morgan fingerprint density at radius 2 is 2.27 bits per heavy atom. The summed E-state index contributed by atoms with van der Waals surface area (Å²) in [5.74, 6) is 0.780. The van der Waals surface area contributed by atoms with Gasteiger partial charge in [0.15, 0.2) is 0 Å². The van der Waals surface area contributed by atoms with E-state index in [0.717, 1.165) is 30.2 Å². The maximum atomic E-state index is 13.0. The Kier molecular flexibility index (Phi) is 1.74. The molecule has 3 nitrogen and oxygen atoms in total. The summed E-state index contributed by atoms with van der Waals surface area (Å²) in [6.07, 6.45) is 0. The molecular formula is C11H10FN3. The van der Waals surface area contributed by atoms with E-state index in [1.165, 1.54) is 12.1 Å². The van der Waals surface area contributed by atoms with Gasteiger partial charge in [-0.25, -0.2) is 9.07 Å². The van der Waals surface area contributed by atoms with Gasteiger partial charge in [0.25, 0.3) is 0 Å². The van der Waals surface area contributed by atoms with Crippen LogP contribution in [0.15, 0.2) is 30.3 Å². The van der Waals surface area contributed by atoms with Crippen LogP contribution < -0.4 is 5.32 Å². The number of anilines is 1. The molecule has 3 rings (SSSR count). The first kappa shape index (κ1) is 8.47. The van der Waals surface area contributed by atoms with Gasteiger partial charge >= 0.3 is 0 Å². The molecule has 0 aliphatic carbocycles. The van der Waals surface area contributed by atoms with Crippen molar-refractivity contribution in [1.82, 2.24) is 9.78 Å². The Hall–Kier alpha value is -1.84. The predicted molar refractivity (Wildman–Crippen MR) is 56.1 cm³/mol. The van der Waals surface area contributed by atoms with Gasteiger partial charge in [-0.05, 0) is 12.1 Å². The second-order valence-electron chi connectivity index (χ2n) is 3.58. The van der Waals surface area contributed by atoms with Crippen LogP contribution in [0.25, 0.3) is 11.3 Å². The number of aromatic nitrogens is 2. The third kappa shape index (κ3) is 1.38. The molecule has 0 radical (unpaired) electrons. The van der Waals surface area contributed by atoms with Crippen LogP contribution in [0.4, 0.5) is 10.2 Å². The molecule has 0 atom stereocenters. The van der Waals surface area contributed by atoms with Crippen molar-refractivity contribution in [2.45, 2.75) is 6.54 Å². The number of benzene rings is 1. The smallest absolute Gasteiger partial charge is 0.125 e. The molecule has 0 amide bonds. The van der Waals surface area contributed by atoms with Crippen LogP contribution in [0.5, 0.6) is 0 Å². The summed E-state index contributed by atoms with van der Waals surface area (Å²) in [6.45, 7) is 1.80. The van der Waals surface area contributed by atoms with Crippen molar-refractivity contribution in [3.63, 3.8) is 0 Å². The Labute approximate surface area is 86.5 Å². The van der Waals surface area contributed by atoms with Crippen molar-refractivity contribution >= 4 is 5.82 Å². The summed E-state index contributed by atoms with van der Waals surface area (Å²) in [4.78, 5) is 0. The number of nitrogens with one attached hydrogen (secondary N) is 1. The van der Waals surface area contributed by atoms with Crippen molar-refractivity contribution in [3.8, 4) is 11.3 Å². The number of nitrogens with zero attached hydrogens (tertiary/aromatic N) is 2. The highest BCUT2D eigenvalue weighted by Crippen LogP contribution is 2.24. The van der Waals surface area contributed by atoms with Crippen molar-refractivity contribution in [1.29, 1.82) is 0 Å². The van der Waals surface area contributed by atoms with E-state index in [1.54, 1.807) is 6.07 Å². The highest BCUT2D eigenvalue weighted by atomic mass is 19.1. The zero-order valence-electron chi connectivity index (χ0n) is 8.07. The number of hydrogen-bond donors (Lipinski definition) is 1. The molecule has 0 unspecified atom stereocenters. The van der Waals surface area contributed by atoms with Crippen LogP contribution in [0, 0.1) is 5.82 Å². The summed E-state index contributed by atoms with van der Waals surface area (Å²) < 4.78 is 14.9. The maximum absolute atomic E-state index is 13.0. The molecule has 0 saturated heterocycles. The Bertz CT molecular complexity index is 483. The summed E-state index contributed by atoms with van der Waals surface area (Å²) in [6, 6.07) is 8.44. The molecule has 1 aromatic carbocycles. The molecule has 0 fully saturated rings. The summed E-state index contributed by atoms with van der Waals surface area (Å²) in [5, 5.41) is 7.60. The quantitative estimate of drug-likeness (QED) is 0.769. The third-order valence-electron chi connectivity index (χ3n) is 2.53. The summed E-state index contributed by atoms with van der Waals surface area (Å²) >= 11 is 0. The predicted octanol–water partition coefficient (Wildman–Crippen LogP) is 2.11. The maximum Gasteiger partial charge on any atom is 0.125 e. The lowest BCUT2D eigenvalue weighted by Crippen LogP contribution is -1.96. The lowest BCUT2D eigenvalue weighted by Gasteiger charge is -1.96. The van der Waals surface area contributed by atoms with E-state index >= 15 is 0 Å². The van der Waals surface area contributed by atoms with E-state index in [-0.39, 0.29) is 5.82 Å². The monoisotopic (exact) mass is 203 g/mol. The second kappa shape index (κ2) is 3.08. The second-order valence-corrected chi connectivity index (χ2v) is 3.58. The van der Waals surface area contributed by atoms with Crippen LogP contribution in [0.2, 0.25) is 0 Å².